The quantitative estimate of drug-likeness (QED) is 0.773. The molecule has 0 saturated heterocycles. The number of fused-ring (bicyclic) bond motifs is 1. The molecule has 2 aromatic rings. The highest BCUT2D eigenvalue weighted by Crippen LogP contribution is 2.28. The van der Waals surface area contributed by atoms with Crippen molar-refractivity contribution in [2.24, 2.45) is 5.92 Å². The number of nitrogens with zero attached hydrogens (tertiary/aromatic N) is 2. The van der Waals surface area contributed by atoms with Gasteiger partial charge >= 0.3 is 0 Å². The molecule has 90 valence electrons. The third kappa shape index (κ3) is 2.36. The van der Waals surface area contributed by atoms with Crippen LogP contribution in [0.5, 0.6) is 0 Å². The predicted molar refractivity (Wildman–Crippen MR) is 70.9 cm³/mol. The molecule has 1 fully saturated rings. The first-order chi connectivity index (χ1) is 8.43. The Balaban J connectivity index is 1.60. The topological polar surface area (TPSA) is 17.8 Å². The van der Waals surface area contributed by atoms with Crippen molar-refractivity contribution in [1.82, 2.24) is 9.55 Å². The summed E-state index contributed by atoms with van der Waals surface area (Å²) in [6.45, 7) is 1.12. The highest BCUT2D eigenvalue weighted by atomic mass is 15.0. The van der Waals surface area contributed by atoms with Crippen molar-refractivity contribution in [2.75, 3.05) is 0 Å². The van der Waals surface area contributed by atoms with Gasteiger partial charge in [-0.2, -0.15) is 0 Å². The fourth-order valence-electron chi connectivity index (χ4n) is 3.04. The first-order valence-corrected chi connectivity index (χ1v) is 6.83. The average molecular weight is 228 g/mol. The molecule has 1 aliphatic carbocycles. The van der Waals surface area contributed by atoms with Crippen LogP contribution in [0, 0.1) is 5.92 Å². The zero-order valence-corrected chi connectivity index (χ0v) is 10.3. The van der Waals surface area contributed by atoms with Gasteiger partial charge in [-0.3, -0.25) is 0 Å². The van der Waals surface area contributed by atoms with E-state index in [1.807, 2.05) is 6.33 Å². The third-order valence-corrected chi connectivity index (χ3v) is 4.01. The van der Waals surface area contributed by atoms with Gasteiger partial charge in [0.25, 0.3) is 0 Å². The summed E-state index contributed by atoms with van der Waals surface area (Å²) in [6, 6.07) is 8.40. The van der Waals surface area contributed by atoms with E-state index in [9.17, 15) is 0 Å². The van der Waals surface area contributed by atoms with E-state index in [0.717, 1.165) is 18.0 Å². The molecule has 2 nitrogen and oxygen atoms in total. The molecule has 0 N–H and O–H groups in total. The Morgan fingerprint density at radius 1 is 1.18 bits per heavy atom. The smallest absolute Gasteiger partial charge is 0.0958 e. The first kappa shape index (κ1) is 10.8. The minimum absolute atomic E-state index is 1.00. The average Bonchev–Trinajstić information content (AvgIpc) is 2.99. The fourth-order valence-corrected chi connectivity index (χ4v) is 3.04. The molecular weight excluding hydrogens is 208 g/mol. The van der Waals surface area contributed by atoms with E-state index in [4.69, 9.17) is 0 Å². The van der Waals surface area contributed by atoms with E-state index in [0.29, 0.717) is 0 Å². The summed E-state index contributed by atoms with van der Waals surface area (Å²) in [5.74, 6) is 1.00. The zero-order valence-electron chi connectivity index (χ0n) is 10.3. The van der Waals surface area contributed by atoms with Gasteiger partial charge in [0, 0.05) is 6.54 Å². The standard InChI is InChI=1S/C15H20N2/c1-2-7-13(6-1)8-5-11-17-12-16-14-9-3-4-10-15(14)17/h3-4,9-10,12-13H,1-2,5-8,11H2. The highest BCUT2D eigenvalue weighted by molar-refractivity contribution is 5.74. The summed E-state index contributed by atoms with van der Waals surface area (Å²) in [5, 5.41) is 0. The predicted octanol–water partition coefficient (Wildman–Crippen LogP) is 4.01. The molecule has 3 rings (SSSR count). The van der Waals surface area contributed by atoms with Gasteiger partial charge in [0.15, 0.2) is 0 Å². The summed E-state index contributed by atoms with van der Waals surface area (Å²) < 4.78 is 2.30. The second kappa shape index (κ2) is 4.91. The van der Waals surface area contributed by atoms with Gasteiger partial charge < -0.3 is 4.57 Å². The van der Waals surface area contributed by atoms with Crippen molar-refractivity contribution < 1.29 is 0 Å². The first-order valence-electron chi connectivity index (χ1n) is 6.83. The van der Waals surface area contributed by atoms with Crippen LogP contribution in [0.3, 0.4) is 0 Å². The maximum absolute atomic E-state index is 4.43. The van der Waals surface area contributed by atoms with E-state index < -0.39 is 0 Å². The van der Waals surface area contributed by atoms with Crippen LogP contribution in [0.25, 0.3) is 11.0 Å². The van der Waals surface area contributed by atoms with Crippen molar-refractivity contribution in [3.05, 3.63) is 30.6 Å². The Hall–Kier alpha value is -1.31. The van der Waals surface area contributed by atoms with E-state index in [1.165, 1.54) is 44.0 Å². The molecule has 0 spiro atoms. The molecule has 1 aromatic heterocycles. The molecule has 1 aromatic carbocycles. The second-order valence-electron chi connectivity index (χ2n) is 5.22. The van der Waals surface area contributed by atoms with Gasteiger partial charge in [-0.15, -0.1) is 0 Å². The number of rotatable bonds is 4. The lowest BCUT2D eigenvalue weighted by Crippen LogP contribution is -2.00. The molecule has 1 saturated carbocycles. The molecule has 0 unspecified atom stereocenters. The Morgan fingerprint density at radius 2 is 2.00 bits per heavy atom. The molecule has 0 aliphatic heterocycles. The van der Waals surface area contributed by atoms with Gasteiger partial charge in [-0.25, -0.2) is 4.98 Å². The molecule has 17 heavy (non-hydrogen) atoms. The maximum atomic E-state index is 4.43. The van der Waals surface area contributed by atoms with Crippen molar-refractivity contribution in [3.8, 4) is 0 Å². The number of aryl methyl sites for hydroxylation is 1. The number of benzene rings is 1. The molecule has 1 heterocycles. The minimum atomic E-state index is 1.00. The van der Waals surface area contributed by atoms with E-state index in [1.54, 1.807) is 0 Å². The number of hydrogen-bond acceptors (Lipinski definition) is 1. The number of imidazole rings is 1. The van der Waals surface area contributed by atoms with E-state index >= 15 is 0 Å². The van der Waals surface area contributed by atoms with Gasteiger partial charge in [-0.1, -0.05) is 37.8 Å². The lowest BCUT2D eigenvalue weighted by molar-refractivity contribution is 0.461. The summed E-state index contributed by atoms with van der Waals surface area (Å²) >= 11 is 0. The van der Waals surface area contributed by atoms with Gasteiger partial charge in [0.05, 0.1) is 17.4 Å². The second-order valence-corrected chi connectivity index (χ2v) is 5.22. The van der Waals surface area contributed by atoms with Crippen LogP contribution in [0.4, 0.5) is 0 Å². The minimum Gasteiger partial charge on any atom is -0.331 e. The van der Waals surface area contributed by atoms with Crippen LogP contribution in [0.1, 0.15) is 38.5 Å². The lowest BCUT2D eigenvalue weighted by Gasteiger charge is -2.09. The molecule has 0 amide bonds. The maximum Gasteiger partial charge on any atom is 0.0958 e. The Morgan fingerprint density at radius 3 is 2.88 bits per heavy atom. The largest absolute Gasteiger partial charge is 0.331 e. The van der Waals surface area contributed by atoms with Crippen molar-refractivity contribution in [2.45, 2.75) is 45.1 Å². The Labute approximate surface area is 103 Å². The SMILES string of the molecule is c1ccc2c(c1)ncn2CCCC1CCCC1. The number of aromatic nitrogens is 2. The Bertz CT molecular complexity index is 480. The summed E-state index contributed by atoms with van der Waals surface area (Å²) in [4.78, 5) is 4.43. The van der Waals surface area contributed by atoms with Crippen LogP contribution in [0.2, 0.25) is 0 Å². The fraction of sp³-hybridized carbons (Fsp3) is 0.533. The number of para-hydroxylation sites is 2. The Kier molecular flexibility index (Phi) is 3.12. The summed E-state index contributed by atoms with van der Waals surface area (Å²) in [5.41, 5.74) is 2.40. The normalized spacial score (nSPS) is 16.9. The van der Waals surface area contributed by atoms with E-state index in [-0.39, 0.29) is 0 Å². The molecule has 1 aliphatic rings. The van der Waals surface area contributed by atoms with Crippen LogP contribution in [-0.4, -0.2) is 9.55 Å². The molecular formula is C15H20N2. The molecule has 0 radical (unpaired) electrons. The summed E-state index contributed by atoms with van der Waals surface area (Å²) in [6.07, 6.45) is 10.5. The van der Waals surface area contributed by atoms with Crippen molar-refractivity contribution in [1.29, 1.82) is 0 Å². The van der Waals surface area contributed by atoms with Crippen LogP contribution in [0.15, 0.2) is 30.6 Å². The summed E-state index contributed by atoms with van der Waals surface area (Å²) in [7, 11) is 0. The zero-order chi connectivity index (χ0) is 11.5. The van der Waals surface area contributed by atoms with Crippen molar-refractivity contribution >= 4 is 11.0 Å². The van der Waals surface area contributed by atoms with E-state index in [2.05, 4.69) is 33.8 Å². The lowest BCUT2D eigenvalue weighted by atomic mass is 10.0. The monoisotopic (exact) mass is 228 g/mol. The van der Waals surface area contributed by atoms with Crippen LogP contribution < -0.4 is 0 Å². The van der Waals surface area contributed by atoms with Crippen LogP contribution >= 0.6 is 0 Å². The van der Waals surface area contributed by atoms with Gasteiger partial charge in [0.2, 0.25) is 0 Å². The third-order valence-electron chi connectivity index (χ3n) is 4.01. The van der Waals surface area contributed by atoms with Crippen LogP contribution in [-0.2, 0) is 6.54 Å². The van der Waals surface area contributed by atoms with Crippen molar-refractivity contribution in [3.63, 3.8) is 0 Å². The van der Waals surface area contributed by atoms with Gasteiger partial charge in [-0.05, 0) is 30.9 Å². The molecule has 2 heteroatoms. The number of hydrogen-bond donors (Lipinski definition) is 0. The molecule has 0 atom stereocenters. The highest BCUT2D eigenvalue weighted by Gasteiger charge is 2.14. The molecule has 0 bridgehead atoms. The van der Waals surface area contributed by atoms with Gasteiger partial charge in [0.1, 0.15) is 0 Å².